The molecule has 5 heteroatoms. The Morgan fingerprint density at radius 3 is 2.69 bits per heavy atom. The van der Waals surface area contributed by atoms with Crippen molar-refractivity contribution in [3.63, 3.8) is 0 Å². The van der Waals surface area contributed by atoms with Crippen molar-refractivity contribution in [2.45, 2.75) is 13.5 Å². The quantitative estimate of drug-likeness (QED) is 0.587. The molecule has 0 fully saturated rings. The van der Waals surface area contributed by atoms with Crippen molar-refractivity contribution in [3.05, 3.63) is 38.4 Å². The highest BCUT2D eigenvalue weighted by atomic mass is 35.5. The molecule has 70 valence electrons. The molecule has 0 spiro atoms. The molecule has 0 aliphatic rings. The Bertz CT molecular complexity index is 352. The van der Waals surface area contributed by atoms with E-state index in [1.807, 2.05) is 0 Å². The lowest BCUT2D eigenvalue weighted by Gasteiger charge is -2.02. The van der Waals surface area contributed by atoms with Gasteiger partial charge in [0.2, 0.25) is 0 Å². The summed E-state index contributed by atoms with van der Waals surface area (Å²) in [6, 6.07) is 2.97. The number of hydrogen-bond acceptors (Lipinski definition) is 3. The summed E-state index contributed by atoms with van der Waals surface area (Å²) in [4.78, 5) is 10.1. The first-order valence-corrected chi connectivity index (χ1v) is 4.07. The van der Waals surface area contributed by atoms with Crippen LogP contribution >= 0.6 is 11.6 Å². The second-order valence-electron chi connectivity index (χ2n) is 2.69. The lowest BCUT2D eigenvalue weighted by atomic mass is 10.1. The molecule has 0 heterocycles. The molecule has 4 nitrogen and oxygen atoms in total. The van der Waals surface area contributed by atoms with Crippen LogP contribution in [0.3, 0.4) is 0 Å². The van der Waals surface area contributed by atoms with Gasteiger partial charge in [0.05, 0.1) is 9.95 Å². The molecule has 0 saturated carbocycles. The molecule has 1 aromatic rings. The van der Waals surface area contributed by atoms with Crippen molar-refractivity contribution >= 4 is 17.3 Å². The molecule has 0 bridgehead atoms. The molecule has 0 aliphatic carbocycles. The van der Waals surface area contributed by atoms with Crippen LogP contribution in [-0.4, -0.2) is 4.92 Å². The molecule has 13 heavy (non-hydrogen) atoms. The van der Waals surface area contributed by atoms with E-state index < -0.39 is 4.92 Å². The SMILES string of the molecule is Cc1cc(CN)c([N+](=O)[O-])cc1Cl. The number of rotatable bonds is 2. The number of nitro benzene ring substituents is 1. The van der Waals surface area contributed by atoms with E-state index in [1.54, 1.807) is 13.0 Å². The minimum atomic E-state index is -0.479. The van der Waals surface area contributed by atoms with Gasteiger partial charge >= 0.3 is 0 Å². The van der Waals surface area contributed by atoms with Gasteiger partial charge in [-0.3, -0.25) is 10.1 Å². The van der Waals surface area contributed by atoms with Gasteiger partial charge in [-0.15, -0.1) is 0 Å². The summed E-state index contributed by atoms with van der Waals surface area (Å²) in [5.74, 6) is 0. The Balaban J connectivity index is 3.33. The van der Waals surface area contributed by atoms with E-state index in [1.165, 1.54) is 6.07 Å². The van der Waals surface area contributed by atoms with Gasteiger partial charge in [0.15, 0.2) is 0 Å². The minimum absolute atomic E-state index is 0.0156. The van der Waals surface area contributed by atoms with Gasteiger partial charge in [0.25, 0.3) is 5.69 Å². The lowest BCUT2D eigenvalue weighted by molar-refractivity contribution is -0.385. The summed E-state index contributed by atoms with van der Waals surface area (Å²) >= 11 is 5.74. The van der Waals surface area contributed by atoms with Gasteiger partial charge < -0.3 is 5.73 Å². The molecule has 0 aliphatic heterocycles. The zero-order valence-electron chi connectivity index (χ0n) is 7.08. The van der Waals surface area contributed by atoms with Gasteiger partial charge in [-0.25, -0.2) is 0 Å². The molecule has 1 aromatic carbocycles. The molecule has 0 saturated heterocycles. The normalized spacial score (nSPS) is 10.1. The number of benzene rings is 1. The Kier molecular flexibility index (Phi) is 2.85. The summed E-state index contributed by atoms with van der Waals surface area (Å²) in [5.41, 5.74) is 6.65. The maximum absolute atomic E-state index is 10.5. The maximum Gasteiger partial charge on any atom is 0.275 e. The second-order valence-corrected chi connectivity index (χ2v) is 3.10. The van der Waals surface area contributed by atoms with E-state index in [0.717, 1.165) is 5.56 Å². The van der Waals surface area contributed by atoms with Gasteiger partial charge in [-0.2, -0.15) is 0 Å². The number of nitro groups is 1. The monoisotopic (exact) mass is 200 g/mol. The molecule has 0 radical (unpaired) electrons. The minimum Gasteiger partial charge on any atom is -0.326 e. The third-order valence-electron chi connectivity index (χ3n) is 1.78. The van der Waals surface area contributed by atoms with Crippen molar-refractivity contribution in [2.75, 3.05) is 0 Å². The molecular formula is C8H9ClN2O2. The highest BCUT2D eigenvalue weighted by molar-refractivity contribution is 6.31. The van der Waals surface area contributed by atoms with Crippen molar-refractivity contribution in [1.82, 2.24) is 0 Å². The Hall–Kier alpha value is -1.13. The average Bonchev–Trinajstić information content (AvgIpc) is 2.08. The number of nitrogens with zero attached hydrogens (tertiary/aromatic N) is 1. The van der Waals surface area contributed by atoms with Gasteiger partial charge in [-0.1, -0.05) is 11.6 Å². The third kappa shape index (κ3) is 1.96. The van der Waals surface area contributed by atoms with Crippen molar-refractivity contribution in [3.8, 4) is 0 Å². The number of halogens is 1. The molecule has 0 unspecified atom stereocenters. The topological polar surface area (TPSA) is 69.2 Å². The zero-order valence-corrected chi connectivity index (χ0v) is 7.84. The fraction of sp³-hybridized carbons (Fsp3) is 0.250. The van der Waals surface area contributed by atoms with Crippen LogP contribution in [0.1, 0.15) is 11.1 Å². The first-order chi connectivity index (χ1) is 6.06. The molecule has 1 rings (SSSR count). The standard InChI is InChI=1S/C8H9ClN2O2/c1-5-2-6(4-10)8(11(12)13)3-7(5)9/h2-3H,4,10H2,1H3. The van der Waals surface area contributed by atoms with Crippen LogP contribution in [0.15, 0.2) is 12.1 Å². The van der Waals surface area contributed by atoms with E-state index in [2.05, 4.69) is 0 Å². The van der Waals surface area contributed by atoms with Crippen molar-refractivity contribution in [2.24, 2.45) is 5.73 Å². The van der Waals surface area contributed by atoms with Crippen molar-refractivity contribution in [1.29, 1.82) is 0 Å². The van der Waals surface area contributed by atoms with E-state index in [0.29, 0.717) is 10.6 Å². The average molecular weight is 201 g/mol. The Morgan fingerprint density at radius 2 is 2.23 bits per heavy atom. The van der Waals surface area contributed by atoms with E-state index in [-0.39, 0.29) is 12.2 Å². The molecule has 0 atom stereocenters. The maximum atomic E-state index is 10.5. The lowest BCUT2D eigenvalue weighted by Crippen LogP contribution is -2.02. The van der Waals surface area contributed by atoms with Gasteiger partial charge in [0.1, 0.15) is 0 Å². The van der Waals surface area contributed by atoms with Crippen LogP contribution < -0.4 is 5.73 Å². The Labute approximate surface area is 80.5 Å². The molecular weight excluding hydrogens is 192 g/mol. The zero-order chi connectivity index (χ0) is 10.0. The molecule has 0 amide bonds. The largest absolute Gasteiger partial charge is 0.326 e. The highest BCUT2D eigenvalue weighted by Gasteiger charge is 2.14. The third-order valence-corrected chi connectivity index (χ3v) is 2.18. The van der Waals surface area contributed by atoms with E-state index in [9.17, 15) is 10.1 Å². The van der Waals surface area contributed by atoms with Crippen LogP contribution in [0.2, 0.25) is 5.02 Å². The summed E-state index contributed by atoms with van der Waals surface area (Å²) in [6.45, 7) is 1.93. The highest BCUT2D eigenvalue weighted by Crippen LogP contribution is 2.26. The van der Waals surface area contributed by atoms with Gasteiger partial charge in [-0.05, 0) is 18.6 Å². The Morgan fingerprint density at radius 1 is 1.62 bits per heavy atom. The van der Waals surface area contributed by atoms with Crippen molar-refractivity contribution < 1.29 is 4.92 Å². The van der Waals surface area contributed by atoms with Crippen LogP contribution in [0.5, 0.6) is 0 Å². The number of nitrogens with two attached hydrogens (primary N) is 1. The van der Waals surface area contributed by atoms with Crippen LogP contribution in [0, 0.1) is 17.0 Å². The van der Waals surface area contributed by atoms with Crippen LogP contribution in [-0.2, 0) is 6.54 Å². The molecule has 0 aromatic heterocycles. The summed E-state index contributed by atoms with van der Waals surface area (Å²) in [6.07, 6.45) is 0. The fourth-order valence-corrected chi connectivity index (χ4v) is 1.22. The summed E-state index contributed by atoms with van der Waals surface area (Å²) < 4.78 is 0. The number of aryl methyl sites for hydroxylation is 1. The predicted octanol–water partition coefficient (Wildman–Crippen LogP) is 2.02. The van der Waals surface area contributed by atoms with Crippen LogP contribution in [0.4, 0.5) is 5.69 Å². The van der Waals surface area contributed by atoms with Crippen LogP contribution in [0.25, 0.3) is 0 Å². The predicted molar refractivity (Wildman–Crippen MR) is 50.7 cm³/mol. The molecule has 2 N–H and O–H groups in total. The van der Waals surface area contributed by atoms with E-state index in [4.69, 9.17) is 17.3 Å². The van der Waals surface area contributed by atoms with E-state index >= 15 is 0 Å². The fourth-order valence-electron chi connectivity index (χ4n) is 1.06. The van der Waals surface area contributed by atoms with Gasteiger partial charge in [0, 0.05) is 18.2 Å². The smallest absolute Gasteiger partial charge is 0.275 e. The summed E-state index contributed by atoms with van der Waals surface area (Å²) in [7, 11) is 0. The summed E-state index contributed by atoms with van der Waals surface area (Å²) in [5, 5.41) is 10.9. The second kappa shape index (κ2) is 3.72. The first kappa shape index (κ1) is 9.95. The number of hydrogen-bond donors (Lipinski definition) is 1. The first-order valence-electron chi connectivity index (χ1n) is 3.69.